The molecule has 0 aliphatic carbocycles. The van der Waals surface area contributed by atoms with Gasteiger partial charge in [-0.25, -0.2) is 0 Å². The molecule has 0 amide bonds. The Kier molecular flexibility index (Phi) is 16.4. The van der Waals surface area contributed by atoms with Crippen LogP contribution in [0.1, 0.15) is 0 Å². The molecule has 0 rings (SSSR count). The zero-order chi connectivity index (χ0) is 12.6. The molecule has 9 nitrogen and oxygen atoms in total. The second-order valence-electron chi connectivity index (χ2n) is 3.00. The van der Waals surface area contributed by atoms with E-state index < -0.39 is 31.0 Å². The average molecular weight is 289 g/mol. The quantitative estimate of drug-likeness (QED) is 0.322. The van der Waals surface area contributed by atoms with E-state index in [4.69, 9.17) is 0 Å². The molecule has 0 aliphatic heterocycles. The number of carbonyl (C=O) groups is 3. The Hall–Kier alpha value is -0.450. The molecule has 0 fully saturated rings. The summed E-state index contributed by atoms with van der Waals surface area (Å²) in [6.07, 6.45) is 0. The van der Waals surface area contributed by atoms with Crippen molar-refractivity contribution >= 4 is 55.6 Å². The molecule has 10 heteroatoms. The standard InChI is InChI=1S/C8H14N2O6.Ca.H2O/c11-6(12)3-9-1-2-10(4-7(13)14)5-8(15)16;;/h9H,1-5H2,(H,11,12)(H,13,14)(H,15,16);;1H2/q;+2;/p-3. The van der Waals surface area contributed by atoms with E-state index in [-0.39, 0.29) is 62.8 Å². The van der Waals surface area contributed by atoms with Gasteiger partial charge in [-0.05, 0) is 0 Å². The summed E-state index contributed by atoms with van der Waals surface area (Å²) in [5, 5.41) is 32.9. The molecule has 18 heavy (non-hydrogen) atoms. The average Bonchev–Trinajstić information content (AvgIpc) is 2.09. The maximum absolute atomic E-state index is 10.2. The molecule has 100 valence electrons. The van der Waals surface area contributed by atoms with E-state index in [2.05, 4.69) is 5.32 Å². The normalized spacial score (nSPS) is 9.17. The fourth-order valence-electron chi connectivity index (χ4n) is 1.01. The maximum Gasteiger partial charge on any atom is 2.00 e. The van der Waals surface area contributed by atoms with Gasteiger partial charge in [0.15, 0.2) is 0 Å². The summed E-state index contributed by atoms with van der Waals surface area (Å²) in [4.78, 5) is 31.5. The molecule has 3 N–H and O–H groups in total. The van der Waals surface area contributed by atoms with Crippen LogP contribution >= 0.6 is 0 Å². The van der Waals surface area contributed by atoms with Gasteiger partial charge in [-0.3, -0.25) is 4.90 Å². The Balaban J connectivity index is -0.00000112. The zero-order valence-electron chi connectivity index (χ0n) is 9.64. The van der Waals surface area contributed by atoms with Crippen molar-refractivity contribution in [2.45, 2.75) is 0 Å². The molecule has 0 saturated carbocycles. The van der Waals surface area contributed by atoms with Crippen molar-refractivity contribution in [1.29, 1.82) is 0 Å². The van der Waals surface area contributed by atoms with Crippen LogP contribution in [0.3, 0.4) is 0 Å². The summed E-state index contributed by atoms with van der Waals surface area (Å²) in [6, 6.07) is 0. The largest absolute Gasteiger partial charge is 2.00 e. The predicted octanol–water partition coefficient (Wildman–Crippen LogP) is -7.08. The Morgan fingerprint density at radius 1 is 0.944 bits per heavy atom. The summed E-state index contributed by atoms with van der Waals surface area (Å²) in [5.74, 6) is -4.13. The molecule has 0 aliphatic rings. The molecule has 0 saturated heterocycles. The number of rotatable bonds is 9. The fraction of sp³-hybridized carbons (Fsp3) is 0.625. The molecular weight excluding hydrogens is 276 g/mol. The minimum atomic E-state index is -1.42. The minimum Gasteiger partial charge on any atom is -0.549 e. The zero-order valence-corrected chi connectivity index (χ0v) is 11.8. The first-order valence-corrected chi connectivity index (χ1v) is 4.44. The van der Waals surface area contributed by atoms with Crippen molar-refractivity contribution in [2.24, 2.45) is 0 Å². The van der Waals surface area contributed by atoms with Crippen LogP contribution in [0.5, 0.6) is 0 Å². The van der Waals surface area contributed by atoms with Gasteiger partial charge in [-0.2, -0.15) is 0 Å². The van der Waals surface area contributed by atoms with E-state index >= 15 is 0 Å². The molecule has 0 bridgehead atoms. The van der Waals surface area contributed by atoms with Crippen LogP contribution < -0.4 is 20.6 Å². The van der Waals surface area contributed by atoms with Crippen molar-refractivity contribution in [2.75, 3.05) is 32.7 Å². The molecule has 0 spiro atoms. The molecular formula is C8H13CaN2O7-. The van der Waals surface area contributed by atoms with E-state index in [1.165, 1.54) is 0 Å². The van der Waals surface area contributed by atoms with Gasteiger partial charge in [0.05, 0.1) is 17.9 Å². The van der Waals surface area contributed by atoms with Crippen molar-refractivity contribution in [3.63, 3.8) is 0 Å². The number of carboxylic acids is 3. The van der Waals surface area contributed by atoms with Gasteiger partial charge in [0, 0.05) is 32.7 Å². The molecule has 0 heterocycles. The second-order valence-corrected chi connectivity index (χ2v) is 3.00. The predicted molar refractivity (Wildman–Crippen MR) is 53.7 cm³/mol. The summed E-state index contributed by atoms with van der Waals surface area (Å²) < 4.78 is 0. The van der Waals surface area contributed by atoms with Gasteiger partial charge >= 0.3 is 37.7 Å². The van der Waals surface area contributed by atoms with Crippen molar-refractivity contribution in [3.05, 3.63) is 0 Å². The van der Waals surface area contributed by atoms with Gasteiger partial charge in [-0.1, -0.05) is 0 Å². The van der Waals surface area contributed by atoms with Crippen LogP contribution in [-0.2, 0) is 14.4 Å². The number of hydrogen-bond acceptors (Lipinski definition) is 8. The number of carboxylic acid groups (broad SMARTS) is 3. The molecule has 0 atom stereocenters. The van der Waals surface area contributed by atoms with Crippen molar-refractivity contribution in [3.8, 4) is 0 Å². The van der Waals surface area contributed by atoms with Gasteiger partial charge < -0.3 is 40.5 Å². The Bertz CT molecular complexity index is 258. The minimum absolute atomic E-state index is 0. The molecule has 0 radical (unpaired) electrons. The number of carbonyl (C=O) groups excluding carboxylic acids is 3. The first-order valence-electron chi connectivity index (χ1n) is 4.44. The van der Waals surface area contributed by atoms with Crippen LogP contribution in [-0.4, -0.2) is 98.7 Å². The Morgan fingerprint density at radius 2 is 1.39 bits per heavy atom. The number of aliphatic carboxylic acids is 3. The summed E-state index contributed by atoms with van der Waals surface area (Å²) in [5.41, 5.74) is 0. The third-order valence-electron chi connectivity index (χ3n) is 1.58. The summed E-state index contributed by atoms with van der Waals surface area (Å²) in [7, 11) is 0. The smallest absolute Gasteiger partial charge is 0.549 e. The topological polar surface area (TPSA) is 167 Å². The Labute approximate surface area is 133 Å². The van der Waals surface area contributed by atoms with Crippen LogP contribution in [0.25, 0.3) is 0 Å². The van der Waals surface area contributed by atoms with Gasteiger partial charge in [0.1, 0.15) is 0 Å². The van der Waals surface area contributed by atoms with E-state index in [9.17, 15) is 29.7 Å². The molecule has 0 aromatic heterocycles. The van der Waals surface area contributed by atoms with Crippen LogP contribution in [0.15, 0.2) is 0 Å². The molecule has 0 aromatic carbocycles. The summed E-state index contributed by atoms with van der Waals surface area (Å²) >= 11 is 0. The maximum atomic E-state index is 10.2. The summed E-state index contributed by atoms with van der Waals surface area (Å²) in [6.45, 7) is -1.32. The van der Waals surface area contributed by atoms with Crippen LogP contribution in [0, 0.1) is 0 Å². The van der Waals surface area contributed by atoms with Crippen LogP contribution in [0.4, 0.5) is 0 Å². The molecule has 0 unspecified atom stereocenters. The fourth-order valence-corrected chi connectivity index (χ4v) is 1.01. The van der Waals surface area contributed by atoms with Crippen LogP contribution in [0.2, 0.25) is 0 Å². The van der Waals surface area contributed by atoms with Gasteiger partial charge in [0.2, 0.25) is 0 Å². The SMILES string of the molecule is O.O=C([O-])CNCCN(CC(=O)[O-])CC(=O)[O-].[Ca+2]. The first-order chi connectivity index (χ1) is 7.41. The number of nitrogens with zero attached hydrogens (tertiary/aromatic N) is 1. The molecule has 0 aromatic rings. The van der Waals surface area contributed by atoms with Crippen molar-refractivity contribution < 1.29 is 35.2 Å². The third-order valence-corrected chi connectivity index (χ3v) is 1.58. The van der Waals surface area contributed by atoms with E-state index in [1.54, 1.807) is 0 Å². The first kappa shape index (κ1) is 22.7. The van der Waals surface area contributed by atoms with Crippen molar-refractivity contribution in [1.82, 2.24) is 10.2 Å². The Morgan fingerprint density at radius 3 is 1.72 bits per heavy atom. The van der Waals surface area contributed by atoms with Gasteiger partial charge in [-0.15, -0.1) is 0 Å². The van der Waals surface area contributed by atoms with E-state index in [1.807, 2.05) is 0 Å². The van der Waals surface area contributed by atoms with E-state index in [0.29, 0.717) is 0 Å². The number of hydrogen-bond donors (Lipinski definition) is 1. The number of nitrogens with one attached hydrogen (secondary N) is 1. The monoisotopic (exact) mass is 289 g/mol. The second kappa shape index (κ2) is 13.0. The van der Waals surface area contributed by atoms with Gasteiger partial charge in [0.25, 0.3) is 0 Å². The van der Waals surface area contributed by atoms with E-state index in [0.717, 1.165) is 4.90 Å². The third kappa shape index (κ3) is 15.5.